The Hall–Kier alpha value is -5.39. The lowest BCUT2D eigenvalue weighted by Gasteiger charge is -2.40. The minimum atomic E-state index is -0.903. The number of carbonyl (C=O) groups is 5. The fourth-order valence-corrected chi connectivity index (χ4v) is 9.95. The Morgan fingerprint density at radius 1 is 0.800 bits per heavy atom. The fourth-order valence-electron chi connectivity index (χ4n) is 9.95. The molecule has 384 valence electrons. The molecule has 0 unspecified atom stereocenters. The molecule has 1 saturated heterocycles. The first-order chi connectivity index (χ1) is 33.7. The predicted octanol–water partition coefficient (Wildman–Crippen LogP) is 5.61. The van der Waals surface area contributed by atoms with Crippen LogP contribution in [0.5, 0.6) is 0 Å². The van der Waals surface area contributed by atoms with Crippen molar-refractivity contribution in [3.05, 3.63) is 95.6 Å². The Balaban J connectivity index is 1.13. The van der Waals surface area contributed by atoms with Crippen molar-refractivity contribution in [2.75, 3.05) is 74.4 Å². The van der Waals surface area contributed by atoms with Crippen LogP contribution >= 0.6 is 0 Å². The molecule has 1 aliphatic heterocycles. The van der Waals surface area contributed by atoms with Gasteiger partial charge in [-0.3, -0.25) is 24.1 Å². The van der Waals surface area contributed by atoms with Crippen molar-refractivity contribution in [3.8, 4) is 11.1 Å². The maximum absolute atomic E-state index is 14.2. The van der Waals surface area contributed by atoms with Crippen LogP contribution in [-0.2, 0) is 49.3 Å². The summed E-state index contributed by atoms with van der Waals surface area (Å²) in [5.74, 6) is -1.85. The predicted molar refractivity (Wildman–Crippen MR) is 268 cm³/mol. The van der Waals surface area contributed by atoms with Crippen molar-refractivity contribution in [1.82, 2.24) is 25.3 Å². The van der Waals surface area contributed by atoms with Crippen LogP contribution in [0.2, 0.25) is 0 Å². The maximum atomic E-state index is 14.2. The topological polar surface area (TPSA) is 191 Å². The quantitative estimate of drug-likeness (QED) is 0.0806. The molecule has 5 rings (SSSR count). The molecule has 0 saturated carbocycles. The molecule has 5 amide bonds. The van der Waals surface area contributed by atoms with E-state index in [-0.39, 0.29) is 87.3 Å². The van der Waals surface area contributed by atoms with E-state index < -0.39 is 48.4 Å². The van der Waals surface area contributed by atoms with Crippen LogP contribution < -0.4 is 16.4 Å². The number of methoxy groups -OCH3 is 3. The normalized spacial score (nSPS) is 17.4. The lowest BCUT2D eigenvalue weighted by Crippen LogP contribution is -2.56. The van der Waals surface area contributed by atoms with E-state index in [1.807, 2.05) is 94.4 Å². The van der Waals surface area contributed by atoms with Gasteiger partial charge in [-0.25, -0.2) is 4.79 Å². The molecular formula is C54H78N6O10. The van der Waals surface area contributed by atoms with Crippen LogP contribution in [0.15, 0.2) is 78.9 Å². The molecular weight excluding hydrogens is 893 g/mol. The number of ether oxygens (including phenoxy) is 5. The largest absolute Gasteiger partial charge is 0.453 e. The minimum absolute atomic E-state index is 0.0224. The van der Waals surface area contributed by atoms with Gasteiger partial charge in [0.05, 0.1) is 82.3 Å². The van der Waals surface area contributed by atoms with Gasteiger partial charge in [-0.15, -0.1) is 0 Å². The van der Waals surface area contributed by atoms with Gasteiger partial charge in [0.15, 0.2) is 0 Å². The number of hydrogen-bond donors (Lipinski definition) is 3. The van der Waals surface area contributed by atoms with Gasteiger partial charge in [0.2, 0.25) is 23.6 Å². The number of nitrogens with zero attached hydrogens (tertiary/aromatic N) is 3. The molecule has 1 aliphatic carbocycles. The van der Waals surface area contributed by atoms with Crippen LogP contribution in [0.25, 0.3) is 11.1 Å². The van der Waals surface area contributed by atoms with E-state index >= 15 is 0 Å². The Morgan fingerprint density at radius 3 is 2.00 bits per heavy atom. The van der Waals surface area contributed by atoms with Gasteiger partial charge in [-0.1, -0.05) is 120 Å². The average Bonchev–Trinajstić information content (AvgIpc) is 3.99. The molecule has 0 radical (unpaired) electrons. The zero-order valence-electron chi connectivity index (χ0n) is 42.8. The number of likely N-dealkylation sites (tertiary alicyclic amines) is 1. The number of nitrogens with two attached hydrogens (primary N) is 1. The Kier molecular flexibility index (Phi) is 21.6. The maximum Gasteiger partial charge on any atom is 0.410 e. The second-order valence-corrected chi connectivity index (χ2v) is 18.9. The highest BCUT2D eigenvalue weighted by molar-refractivity contribution is 5.89. The lowest BCUT2D eigenvalue weighted by molar-refractivity contribution is -0.146. The smallest absolute Gasteiger partial charge is 0.410 e. The van der Waals surface area contributed by atoms with Gasteiger partial charge in [0, 0.05) is 47.3 Å². The summed E-state index contributed by atoms with van der Waals surface area (Å²) in [4.78, 5) is 73.7. The molecule has 0 bridgehead atoms. The third kappa shape index (κ3) is 13.9. The number of fused-ring (bicyclic) bond motifs is 3. The summed E-state index contributed by atoms with van der Waals surface area (Å²) in [6.45, 7) is 11.6. The average molecular weight is 971 g/mol. The molecule has 1 fully saturated rings. The molecule has 70 heavy (non-hydrogen) atoms. The molecule has 16 heteroatoms. The third-order valence-electron chi connectivity index (χ3n) is 14.1. The van der Waals surface area contributed by atoms with Crippen LogP contribution in [0.4, 0.5) is 4.79 Å². The highest BCUT2D eigenvalue weighted by atomic mass is 16.5. The van der Waals surface area contributed by atoms with E-state index in [2.05, 4.69) is 22.8 Å². The Morgan fingerprint density at radius 2 is 1.41 bits per heavy atom. The van der Waals surface area contributed by atoms with Crippen molar-refractivity contribution in [2.45, 2.75) is 109 Å². The first-order valence-electron chi connectivity index (χ1n) is 24.9. The third-order valence-corrected chi connectivity index (χ3v) is 14.1. The SMILES string of the molecule is CC[C@H](C)[C@@H]([C@@H](CC(=O)N1CCC[C@H]1[C@H](OC)[C@@H](C)C(=O)N[C@@H](Cc1ccccc1)C(=O)NCCOCCOCCN(C(=O)OC)C1c2ccccc2-c2ccccc21)OC)N(C)C(=O)[C@@H](N)C(C)C. The van der Waals surface area contributed by atoms with E-state index in [1.165, 1.54) is 14.2 Å². The molecule has 1 heterocycles. The molecule has 3 aromatic carbocycles. The van der Waals surface area contributed by atoms with E-state index in [4.69, 9.17) is 29.4 Å². The first kappa shape index (κ1) is 55.5. The van der Waals surface area contributed by atoms with Crippen molar-refractivity contribution in [3.63, 3.8) is 0 Å². The standard InChI is InChI=1S/C54H78N6O10/c1-10-36(4)48(58(6)53(64)47(55)35(2)3)45(66-7)34-46(61)59-27-18-25-44(59)50(67-8)37(5)51(62)57-43(33-38-19-12-11-13-20-38)52(63)56-26-29-69-31-32-70-30-28-60(54(65)68-9)49-41-23-16-14-21-39(41)40-22-15-17-24-42(40)49/h11-17,19-24,35-37,43-45,47-50H,10,18,25-34,55H2,1-9H3,(H,56,63)(H,57,62)/t36-,37+,43-,44-,45+,47-,48-,50+/m0/s1. The van der Waals surface area contributed by atoms with Gasteiger partial charge in [0.25, 0.3) is 0 Å². The minimum Gasteiger partial charge on any atom is -0.453 e. The van der Waals surface area contributed by atoms with Crippen molar-refractivity contribution < 1.29 is 47.7 Å². The number of likely N-dealkylation sites (N-methyl/N-ethyl adjacent to an activating group) is 1. The van der Waals surface area contributed by atoms with E-state index in [0.717, 1.165) is 40.7 Å². The van der Waals surface area contributed by atoms with Gasteiger partial charge in [0.1, 0.15) is 6.04 Å². The Bertz CT molecular complexity index is 2110. The lowest BCUT2D eigenvalue weighted by atomic mass is 9.89. The summed E-state index contributed by atoms with van der Waals surface area (Å²) >= 11 is 0. The molecule has 16 nitrogen and oxygen atoms in total. The summed E-state index contributed by atoms with van der Waals surface area (Å²) in [5.41, 5.74) is 11.4. The summed E-state index contributed by atoms with van der Waals surface area (Å²) in [7, 11) is 6.21. The Labute approximate surface area is 415 Å². The van der Waals surface area contributed by atoms with E-state index in [9.17, 15) is 24.0 Å². The van der Waals surface area contributed by atoms with Crippen LogP contribution in [0, 0.1) is 17.8 Å². The van der Waals surface area contributed by atoms with Crippen LogP contribution in [-0.4, -0.2) is 155 Å². The van der Waals surface area contributed by atoms with Crippen molar-refractivity contribution >= 4 is 29.7 Å². The molecule has 2 aliphatic rings. The molecule has 3 aromatic rings. The summed E-state index contributed by atoms with van der Waals surface area (Å²) in [5, 5.41) is 5.91. The first-order valence-corrected chi connectivity index (χ1v) is 24.9. The molecule has 8 atom stereocenters. The monoisotopic (exact) mass is 971 g/mol. The van der Waals surface area contributed by atoms with Crippen LogP contribution in [0.3, 0.4) is 0 Å². The number of benzene rings is 3. The number of carbonyl (C=O) groups excluding carboxylic acids is 5. The van der Waals surface area contributed by atoms with E-state index in [0.29, 0.717) is 19.5 Å². The highest BCUT2D eigenvalue weighted by Gasteiger charge is 2.43. The molecule has 0 aromatic heterocycles. The summed E-state index contributed by atoms with van der Waals surface area (Å²) in [6, 6.07) is 22.9. The van der Waals surface area contributed by atoms with Crippen LogP contribution in [0.1, 0.15) is 83.0 Å². The summed E-state index contributed by atoms with van der Waals surface area (Å²) in [6.07, 6.45) is 0.704. The van der Waals surface area contributed by atoms with Crippen molar-refractivity contribution in [1.29, 1.82) is 0 Å². The number of amides is 5. The van der Waals surface area contributed by atoms with Crippen molar-refractivity contribution in [2.24, 2.45) is 23.5 Å². The number of nitrogens with one attached hydrogen (secondary N) is 2. The zero-order chi connectivity index (χ0) is 50.9. The molecule has 4 N–H and O–H groups in total. The summed E-state index contributed by atoms with van der Waals surface area (Å²) < 4.78 is 28.8. The zero-order valence-corrected chi connectivity index (χ0v) is 42.8. The number of rotatable bonds is 27. The van der Waals surface area contributed by atoms with Gasteiger partial charge in [-0.05, 0) is 52.5 Å². The fraction of sp³-hybridized carbons (Fsp3) is 0.574. The van der Waals surface area contributed by atoms with E-state index in [1.54, 1.807) is 35.8 Å². The molecule has 0 spiro atoms. The van der Waals surface area contributed by atoms with Gasteiger partial charge >= 0.3 is 6.09 Å². The second-order valence-electron chi connectivity index (χ2n) is 18.9. The number of hydrogen-bond acceptors (Lipinski definition) is 11. The van der Waals surface area contributed by atoms with Gasteiger partial charge in [-0.2, -0.15) is 0 Å². The second kappa shape index (κ2) is 27.3. The van der Waals surface area contributed by atoms with Gasteiger partial charge < -0.3 is 49.9 Å². The highest BCUT2D eigenvalue weighted by Crippen LogP contribution is 2.46.